The Bertz CT molecular complexity index is 2370. The van der Waals surface area contributed by atoms with Crippen molar-refractivity contribution in [3.05, 3.63) is 94.5 Å². The van der Waals surface area contributed by atoms with Crippen LogP contribution >= 0.6 is 0 Å². The van der Waals surface area contributed by atoms with E-state index in [0.29, 0.717) is 22.2 Å². The highest BCUT2D eigenvalue weighted by Gasteiger charge is 2.33. The van der Waals surface area contributed by atoms with Gasteiger partial charge in [0.15, 0.2) is 0 Å². The first-order valence-electron chi connectivity index (χ1n) is 17.7. The number of H-pyrrole nitrogens is 2. The van der Waals surface area contributed by atoms with E-state index in [1.165, 1.54) is 37.6 Å². The van der Waals surface area contributed by atoms with Gasteiger partial charge in [-0.3, -0.25) is 33.6 Å². The van der Waals surface area contributed by atoms with Crippen LogP contribution in [0, 0.1) is 6.92 Å². The third-order valence-electron chi connectivity index (χ3n) is 8.92. The fourth-order valence-corrected chi connectivity index (χ4v) is 6.17. The van der Waals surface area contributed by atoms with E-state index < -0.39 is 90.5 Å². The van der Waals surface area contributed by atoms with Crippen molar-refractivity contribution in [1.82, 2.24) is 36.2 Å². The number of hydrogen-bond donors (Lipinski definition) is 9. The van der Waals surface area contributed by atoms with Crippen molar-refractivity contribution in [3.8, 4) is 0 Å². The van der Waals surface area contributed by atoms with Crippen LogP contribution in [0.3, 0.4) is 0 Å². The van der Waals surface area contributed by atoms with Crippen molar-refractivity contribution in [1.29, 1.82) is 0 Å². The van der Waals surface area contributed by atoms with Crippen molar-refractivity contribution in [2.45, 2.75) is 70.1 Å². The van der Waals surface area contributed by atoms with Crippen LogP contribution < -0.4 is 32.2 Å². The van der Waals surface area contributed by atoms with Crippen LogP contribution in [-0.2, 0) is 46.4 Å². The maximum absolute atomic E-state index is 13.8. The highest BCUT2D eigenvalue weighted by atomic mass is 16.4. The van der Waals surface area contributed by atoms with E-state index in [1.807, 2.05) is 18.2 Å². The number of hydrogen-bond acceptors (Lipinski definition) is 10. The van der Waals surface area contributed by atoms with E-state index in [0.717, 1.165) is 10.9 Å². The number of rotatable bonds is 18. The maximum Gasteiger partial charge on any atom is 0.336 e. The molecule has 0 bridgehead atoms. The van der Waals surface area contributed by atoms with Crippen molar-refractivity contribution >= 4 is 69.0 Å². The largest absolute Gasteiger partial charge is 0.481 e. The molecule has 19 nitrogen and oxygen atoms in total. The fraction of sp³-hybridized carbons (Fsp3) is 0.289. The Labute approximate surface area is 323 Å². The van der Waals surface area contributed by atoms with E-state index in [1.54, 1.807) is 25.3 Å². The van der Waals surface area contributed by atoms with E-state index in [2.05, 4.69) is 41.5 Å². The Morgan fingerprint density at radius 2 is 1.46 bits per heavy atom. The van der Waals surface area contributed by atoms with E-state index in [4.69, 9.17) is 4.42 Å². The molecular formula is C38H40N8O11. The lowest BCUT2D eigenvalue weighted by Gasteiger charge is -2.26. The summed E-state index contributed by atoms with van der Waals surface area (Å²) in [5, 5.41) is 32.9. The molecule has 57 heavy (non-hydrogen) atoms. The molecule has 3 heterocycles. The van der Waals surface area contributed by atoms with Crippen LogP contribution in [0.1, 0.15) is 43.0 Å². The van der Waals surface area contributed by atoms with Gasteiger partial charge in [0, 0.05) is 78.4 Å². The Balaban J connectivity index is 1.35. The third kappa shape index (κ3) is 11.1. The number of nitrogens with one attached hydrogen (secondary N) is 7. The van der Waals surface area contributed by atoms with Crippen molar-refractivity contribution in [3.63, 3.8) is 0 Å². The van der Waals surface area contributed by atoms with Crippen molar-refractivity contribution in [2.75, 3.05) is 5.32 Å². The Hall–Kier alpha value is -7.31. The lowest BCUT2D eigenvalue weighted by Crippen LogP contribution is -2.58. The van der Waals surface area contributed by atoms with Crippen LogP contribution in [-0.4, -0.2) is 90.8 Å². The molecule has 4 atom stereocenters. The SMILES string of the molecule is CC(=O)N[C@H](Cc1c[nH]c2ccccc12)C(=O)N[C@H](CCC(=O)O)C(=O)N[C@@H](Cc1cnc[nH]1)C(=O)N[C@@H](CC(=O)O)C(=O)Nc1ccc2c(C)cc(=O)oc2c1. The van der Waals surface area contributed by atoms with Gasteiger partial charge in [-0.05, 0) is 42.7 Å². The number of benzene rings is 2. The van der Waals surface area contributed by atoms with Gasteiger partial charge in [0.25, 0.3) is 0 Å². The summed E-state index contributed by atoms with van der Waals surface area (Å²) in [6.07, 6.45) is 2.25. The molecule has 2 aromatic carbocycles. The number of aromatic amines is 2. The zero-order valence-corrected chi connectivity index (χ0v) is 30.7. The summed E-state index contributed by atoms with van der Waals surface area (Å²) >= 11 is 0. The summed E-state index contributed by atoms with van der Waals surface area (Å²) in [6.45, 7) is 2.91. The average Bonchev–Trinajstić information content (AvgIpc) is 3.81. The number of fused-ring (bicyclic) bond motifs is 2. The molecule has 0 aliphatic rings. The minimum atomic E-state index is -1.68. The van der Waals surface area contributed by atoms with Crippen LogP contribution in [0.15, 0.2) is 76.5 Å². The number of aliphatic carboxylic acids is 2. The van der Waals surface area contributed by atoms with Gasteiger partial charge in [-0.1, -0.05) is 18.2 Å². The van der Waals surface area contributed by atoms with E-state index in [9.17, 15) is 48.6 Å². The van der Waals surface area contributed by atoms with Gasteiger partial charge in [-0.15, -0.1) is 0 Å². The molecule has 5 rings (SSSR count). The van der Waals surface area contributed by atoms with Crippen molar-refractivity contribution < 1.29 is 48.2 Å². The summed E-state index contributed by atoms with van der Waals surface area (Å²) in [5.41, 5.74) is 2.12. The molecule has 5 aromatic rings. The molecular weight excluding hydrogens is 744 g/mol. The van der Waals surface area contributed by atoms with Crippen LogP contribution in [0.5, 0.6) is 0 Å². The first kappa shape index (κ1) is 40.9. The van der Waals surface area contributed by atoms with E-state index in [-0.39, 0.29) is 24.1 Å². The summed E-state index contributed by atoms with van der Waals surface area (Å²) in [4.78, 5) is 112. The summed E-state index contributed by atoms with van der Waals surface area (Å²) in [7, 11) is 0. The predicted octanol–water partition coefficient (Wildman–Crippen LogP) is 1.03. The topological polar surface area (TPSA) is 295 Å². The van der Waals surface area contributed by atoms with Crippen LogP contribution in [0.25, 0.3) is 21.9 Å². The number of para-hydroxylation sites is 1. The molecule has 5 amide bonds. The zero-order chi connectivity index (χ0) is 41.2. The quantitative estimate of drug-likeness (QED) is 0.0563. The lowest BCUT2D eigenvalue weighted by atomic mass is 10.0. The second-order valence-corrected chi connectivity index (χ2v) is 13.3. The zero-order valence-electron chi connectivity index (χ0n) is 30.7. The molecule has 3 aromatic heterocycles. The first-order valence-corrected chi connectivity index (χ1v) is 17.7. The molecule has 0 saturated carbocycles. The average molecular weight is 785 g/mol. The maximum atomic E-state index is 13.8. The Morgan fingerprint density at radius 3 is 2.14 bits per heavy atom. The molecule has 19 heteroatoms. The van der Waals surface area contributed by atoms with Gasteiger partial charge in [-0.2, -0.15) is 0 Å². The summed E-state index contributed by atoms with van der Waals surface area (Å²) in [6, 6.07) is 7.13. The molecule has 0 radical (unpaired) electrons. The molecule has 0 unspecified atom stereocenters. The molecule has 0 fully saturated rings. The number of carboxylic acids is 2. The van der Waals surface area contributed by atoms with E-state index >= 15 is 0 Å². The standard InChI is InChI=1S/C38H40N8O11/c1-19-11-34(52)57-31-14-22(7-8-24(19)31)43-36(54)30(15-33(50)51)46-38(56)29(13-23-17-39-18-41-23)45-35(53)27(9-10-32(48)49)44-37(55)28(42-20(2)47)12-21-16-40-26-6-4-3-5-25(21)26/h3-8,11,14,16-18,27-30,40H,9-10,12-13,15H2,1-2H3,(H,39,41)(H,42,47)(H,43,54)(H,44,55)(H,45,53)(H,46,56)(H,48,49)(H,50,51)/t27-,28-,29+,30+/m1/s1. The number of carbonyl (C=O) groups is 7. The molecule has 298 valence electrons. The van der Waals surface area contributed by atoms with Gasteiger partial charge in [0.05, 0.1) is 12.7 Å². The molecule has 0 aliphatic heterocycles. The summed E-state index contributed by atoms with van der Waals surface area (Å²) in [5.74, 6) is -7.00. The van der Waals surface area contributed by atoms with Gasteiger partial charge < -0.3 is 51.2 Å². The lowest BCUT2D eigenvalue weighted by molar-refractivity contribution is -0.140. The van der Waals surface area contributed by atoms with Crippen molar-refractivity contribution in [2.24, 2.45) is 0 Å². The number of aromatic nitrogens is 3. The molecule has 0 aliphatic carbocycles. The number of amides is 5. The predicted molar refractivity (Wildman–Crippen MR) is 203 cm³/mol. The number of aryl methyl sites for hydroxylation is 1. The van der Waals surface area contributed by atoms with Gasteiger partial charge in [0.2, 0.25) is 29.5 Å². The smallest absolute Gasteiger partial charge is 0.336 e. The third-order valence-corrected chi connectivity index (χ3v) is 8.92. The monoisotopic (exact) mass is 784 g/mol. The Kier molecular flexibility index (Phi) is 13.2. The molecule has 0 saturated heterocycles. The Morgan fingerprint density at radius 1 is 0.772 bits per heavy atom. The molecule has 0 spiro atoms. The number of imidazole rings is 1. The number of carbonyl (C=O) groups excluding carboxylic acids is 5. The second kappa shape index (κ2) is 18.3. The first-order chi connectivity index (χ1) is 27.2. The van der Waals surface area contributed by atoms with Gasteiger partial charge >= 0.3 is 17.6 Å². The second-order valence-electron chi connectivity index (χ2n) is 13.3. The van der Waals surface area contributed by atoms with Gasteiger partial charge in [-0.25, -0.2) is 9.78 Å². The highest BCUT2D eigenvalue weighted by Crippen LogP contribution is 2.22. The summed E-state index contributed by atoms with van der Waals surface area (Å²) < 4.78 is 5.22. The number of carboxylic acid groups (broad SMARTS) is 2. The molecule has 9 N–H and O–H groups in total. The number of nitrogens with zero attached hydrogens (tertiary/aromatic N) is 1. The normalized spacial score (nSPS) is 13.2. The minimum absolute atomic E-state index is 0.00781. The highest BCUT2D eigenvalue weighted by molar-refractivity contribution is 6.01. The van der Waals surface area contributed by atoms with Crippen LogP contribution in [0.4, 0.5) is 5.69 Å². The number of anilines is 1. The van der Waals surface area contributed by atoms with Crippen LogP contribution in [0.2, 0.25) is 0 Å². The minimum Gasteiger partial charge on any atom is -0.481 e. The van der Waals surface area contributed by atoms with Gasteiger partial charge in [0.1, 0.15) is 29.8 Å². The fourth-order valence-electron chi connectivity index (χ4n) is 6.17.